The number of hydrogen-bond acceptors (Lipinski definition) is 9. The smallest absolute Gasteiger partial charge is 0.255 e. The van der Waals surface area contributed by atoms with Gasteiger partial charge in [0.15, 0.2) is 0 Å². The molecular weight excluding hydrogens is 621 g/mol. The second-order valence-electron chi connectivity index (χ2n) is 11.4. The predicted molar refractivity (Wildman–Crippen MR) is 173 cm³/mol. The molecule has 3 amide bonds. The number of ether oxygens (including phenoxy) is 2. The number of nitrogens with zero attached hydrogens (tertiary/aromatic N) is 4. The van der Waals surface area contributed by atoms with E-state index in [4.69, 9.17) is 9.47 Å². The standard InChI is InChI=1S/C35H30FN5O5S/c36-28-16-22(24-17-37-20-38-18-24)4-6-27(28)34-39-29-8-3-21(14-31(29)47-34)2-1-11-45-12-13-46-25-5-7-26-23(15-25)19-41(35(26)44)30-9-10-32(42)40-33(30)43/h3-8,14-18,20,30H,1-2,9-13,19H2,(H,40,42,43). The average molecular weight is 652 g/mol. The zero-order valence-corrected chi connectivity index (χ0v) is 26.1. The second-order valence-corrected chi connectivity index (χ2v) is 12.5. The van der Waals surface area contributed by atoms with E-state index < -0.39 is 11.9 Å². The number of piperidine rings is 1. The number of aryl methyl sites for hydroxylation is 1. The molecule has 0 bridgehead atoms. The van der Waals surface area contributed by atoms with Crippen molar-refractivity contribution in [2.75, 3.05) is 19.8 Å². The Labute approximate surface area is 273 Å². The minimum Gasteiger partial charge on any atom is -0.491 e. The van der Waals surface area contributed by atoms with Gasteiger partial charge in [0.05, 0.1) is 16.8 Å². The van der Waals surface area contributed by atoms with Crippen LogP contribution in [-0.2, 0) is 27.3 Å². The average Bonchev–Trinajstić information content (AvgIpc) is 3.64. The van der Waals surface area contributed by atoms with E-state index >= 15 is 4.39 Å². The number of halogens is 1. The van der Waals surface area contributed by atoms with Crippen molar-refractivity contribution in [2.24, 2.45) is 0 Å². The van der Waals surface area contributed by atoms with Crippen molar-refractivity contribution < 1.29 is 28.2 Å². The molecule has 3 aromatic carbocycles. The zero-order chi connectivity index (χ0) is 32.3. The lowest BCUT2D eigenvalue weighted by Gasteiger charge is -2.29. The van der Waals surface area contributed by atoms with Crippen LogP contribution in [-0.4, -0.2) is 63.4 Å². The Morgan fingerprint density at radius 3 is 2.62 bits per heavy atom. The van der Waals surface area contributed by atoms with Crippen LogP contribution in [0.1, 0.15) is 40.7 Å². The molecule has 2 aliphatic heterocycles. The quantitative estimate of drug-likeness (QED) is 0.150. The number of carbonyl (C=O) groups is 3. The summed E-state index contributed by atoms with van der Waals surface area (Å²) in [6, 6.07) is 15.9. The Morgan fingerprint density at radius 1 is 0.936 bits per heavy atom. The molecule has 12 heteroatoms. The van der Waals surface area contributed by atoms with Crippen molar-refractivity contribution in [1.82, 2.24) is 25.2 Å². The SMILES string of the molecule is O=C1CCC(N2Cc3cc(OCCOCCCc4ccc5nc(-c6ccc(-c7cncnc7)cc6F)sc5c4)ccc3C2=O)C(=O)N1. The molecule has 47 heavy (non-hydrogen) atoms. The number of fused-ring (bicyclic) bond motifs is 2. The highest BCUT2D eigenvalue weighted by Gasteiger charge is 2.39. The minimum atomic E-state index is -0.642. The number of aromatic nitrogens is 3. The van der Waals surface area contributed by atoms with Crippen LogP contribution in [0.2, 0.25) is 0 Å². The van der Waals surface area contributed by atoms with Crippen LogP contribution in [0.25, 0.3) is 31.9 Å². The molecule has 1 fully saturated rings. The van der Waals surface area contributed by atoms with Gasteiger partial charge in [-0.05, 0) is 78.4 Å². The van der Waals surface area contributed by atoms with E-state index in [1.165, 1.54) is 28.6 Å². The van der Waals surface area contributed by atoms with Crippen molar-refractivity contribution in [3.8, 4) is 27.4 Å². The Kier molecular flexibility index (Phi) is 8.68. The normalized spacial score (nSPS) is 16.1. The third-order valence-corrected chi connectivity index (χ3v) is 9.34. The lowest BCUT2D eigenvalue weighted by Crippen LogP contribution is -2.52. The highest BCUT2D eigenvalue weighted by atomic mass is 32.1. The van der Waals surface area contributed by atoms with E-state index in [0.717, 1.165) is 39.7 Å². The third-order valence-electron chi connectivity index (χ3n) is 8.29. The molecular formula is C35H30FN5O5S. The van der Waals surface area contributed by atoms with Crippen LogP contribution >= 0.6 is 11.3 Å². The lowest BCUT2D eigenvalue weighted by molar-refractivity contribution is -0.136. The lowest BCUT2D eigenvalue weighted by atomic mass is 10.0. The van der Waals surface area contributed by atoms with Crippen LogP contribution in [0.4, 0.5) is 4.39 Å². The molecule has 0 saturated carbocycles. The fourth-order valence-corrected chi connectivity index (χ4v) is 6.95. The second kappa shape index (κ2) is 13.3. The van der Waals surface area contributed by atoms with E-state index in [1.807, 2.05) is 24.3 Å². The molecule has 238 valence electrons. The maximum absolute atomic E-state index is 15.1. The molecule has 0 spiro atoms. The van der Waals surface area contributed by atoms with E-state index in [0.29, 0.717) is 60.2 Å². The van der Waals surface area contributed by atoms with Gasteiger partial charge in [-0.15, -0.1) is 11.3 Å². The van der Waals surface area contributed by atoms with Crippen molar-refractivity contribution in [1.29, 1.82) is 0 Å². The number of nitrogens with one attached hydrogen (secondary N) is 1. The fourth-order valence-electron chi connectivity index (χ4n) is 5.90. The third kappa shape index (κ3) is 6.60. The molecule has 2 aliphatic rings. The van der Waals surface area contributed by atoms with Crippen LogP contribution in [0, 0.1) is 5.82 Å². The van der Waals surface area contributed by atoms with Gasteiger partial charge in [0.2, 0.25) is 11.8 Å². The number of benzene rings is 3. The first-order valence-electron chi connectivity index (χ1n) is 15.4. The summed E-state index contributed by atoms with van der Waals surface area (Å²) in [5.74, 6) is -0.654. The summed E-state index contributed by atoms with van der Waals surface area (Å²) in [6.45, 7) is 1.64. The maximum Gasteiger partial charge on any atom is 0.255 e. The number of thiazole rings is 1. The molecule has 5 aromatic rings. The Hall–Kier alpha value is -5.07. The highest BCUT2D eigenvalue weighted by molar-refractivity contribution is 7.21. The number of hydrogen-bond donors (Lipinski definition) is 1. The topological polar surface area (TPSA) is 124 Å². The first-order valence-corrected chi connectivity index (χ1v) is 16.2. The van der Waals surface area contributed by atoms with E-state index in [1.54, 1.807) is 30.6 Å². The van der Waals surface area contributed by atoms with Gasteiger partial charge in [-0.25, -0.2) is 19.3 Å². The molecule has 1 unspecified atom stereocenters. The van der Waals surface area contributed by atoms with Crippen molar-refractivity contribution in [2.45, 2.75) is 38.3 Å². The van der Waals surface area contributed by atoms with Gasteiger partial charge in [0.25, 0.3) is 5.91 Å². The van der Waals surface area contributed by atoms with Crippen molar-refractivity contribution in [3.05, 3.63) is 95.8 Å². The zero-order valence-electron chi connectivity index (χ0n) is 25.3. The number of imide groups is 1. The monoisotopic (exact) mass is 651 g/mol. The molecule has 1 saturated heterocycles. The summed E-state index contributed by atoms with van der Waals surface area (Å²) in [5, 5.41) is 2.95. The predicted octanol–water partition coefficient (Wildman–Crippen LogP) is 5.35. The van der Waals surface area contributed by atoms with Crippen molar-refractivity contribution in [3.63, 3.8) is 0 Å². The maximum atomic E-state index is 15.1. The Bertz CT molecular complexity index is 1980. The molecule has 7 rings (SSSR count). The Morgan fingerprint density at radius 2 is 1.79 bits per heavy atom. The van der Waals surface area contributed by atoms with E-state index in [-0.39, 0.29) is 24.1 Å². The van der Waals surface area contributed by atoms with Crippen LogP contribution in [0.3, 0.4) is 0 Å². The molecule has 1 atom stereocenters. The first-order chi connectivity index (χ1) is 22.9. The van der Waals surface area contributed by atoms with Gasteiger partial charge >= 0.3 is 0 Å². The van der Waals surface area contributed by atoms with Crippen LogP contribution in [0.5, 0.6) is 5.75 Å². The van der Waals surface area contributed by atoms with Crippen LogP contribution in [0.15, 0.2) is 73.3 Å². The summed E-state index contributed by atoms with van der Waals surface area (Å²) in [7, 11) is 0. The summed E-state index contributed by atoms with van der Waals surface area (Å²) < 4.78 is 27.7. The fraction of sp³-hybridized carbons (Fsp3) is 0.257. The molecule has 0 aliphatic carbocycles. The minimum absolute atomic E-state index is 0.210. The van der Waals surface area contributed by atoms with Gasteiger partial charge in [-0.1, -0.05) is 12.1 Å². The summed E-state index contributed by atoms with van der Waals surface area (Å²) >= 11 is 1.47. The Balaban J connectivity index is 0.865. The summed E-state index contributed by atoms with van der Waals surface area (Å²) in [6.07, 6.45) is 6.96. The van der Waals surface area contributed by atoms with Gasteiger partial charge in [0.1, 0.15) is 35.6 Å². The van der Waals surface area contributed by atoms with Gasteiger partial charge in [0, 0.05) is 48.7 Å². The molecule has 10 nitrogen and oxygen atoms in total. The van der Waals surface area contributed by atoms with Crippen molar-refractivity contribution >= 4 is 39.3 Å². The molecule has 2 aromatic heterocycles. The molecule has 0 radical (unpaired) electrons. The van der Waals surface area contributed by atoms with Crippen LogP contribution < -0.4 is 10.1 Å². The first kappa shape index (κ1) is 30.6. The number of rotatable bonds is 11. The van der Waals surface area contributed by atoms with Gasteiger partial charge in [-0.3, -0.25) is 19.7 Å². The van der Waals surface area contributed by atoms with E-state index in [9.17, 15) is 14.4 Å². The molecule has 4 heterocycles. The van der Waals surface area contributed by atoms with E-state index in [2.05, 4.69) is 26.3 Å². The number of carbonyl (C=O) groups excluding carboxylic acids is 3. The molecule has 1 N–H and O–H groups in total. The summed E-state index contributed by atoms with van der Waals surface area (Å²) in [5.41, 5.74) is 5.27. The summed E-state index contributed by atoms with van der Waals surface area (Å²) in [4.78, 5) is 50.8. The highest BCUT2D eigenvalue weighted by Crippen LogP contribution is 2.34. The number of amides is 3. The van der Waals surface area contributed by atoms with Gasteiger partial charge in [-0.2, -0.15) is 0 Å². The largest absolute Gasteiger partial charge is 0.491 e. The van der Waals surface area contributed by atoms with Gasteiger partial charge < -0.3 is 14.4 Å².